The van der Waals surface area contributed by atoms with Crippen LogP contribution >= 0.6 is 0 Å². The van der Waals surface area contributed by atoms with E-state index in [0.717, 1.165) is 61.7 Å². The van der Waals surface area contributed by atoms with E-state index in [-0.39, 0.29) is 27.8 Å². The summed E-state index contributed by atoms with van der Waals surface area (Å²) in [5.74, 6) is 1.43. The van der Waals surface area contributed by atoms with Crippen molar-refractivity contribution in [3.63, 3.8) is 0 Å². The van der Waals surface area contributed by atoms with Gasteiger partial charge in [0.1, 0.15) is 11.5 Å². The quantitative estimate of drug-likeness (QED) is 0.129. The van der Waals surface area contributed by atoms with Crippen molar-refractivity contribution in [2.75, 3.05) is 0 Å². The molecule has 0 aliphatic rings. The van der Waals surface area contributed by atoms with E-state index in [4.69, 9.17) is 11.6 Å². The maximum atomic E-state index is 7.88. The van der Waals surface area contributed by atoms with E-state index in [9.17, 15) is 0 Å². The minimum atomic E-state index is -0.198. The van der Waals surface area contributed by atoms with Gasteiger partial charge in [-0.1, -0.05) is 85.5 Å². The van der Waals surface area contributed by atoms with Crippen molar-refractivity contribution in [3.05, 3.63) is 151 Å². The fourth-order valence-corrected chi connectivity index (χ4v) is 6.12. The molecule has 0 amide bonds. The SMILES string of the molecule is [C-]#[N+]c1cc(B(c2[c-]c3c(cc2)c2ccccc2n3-c2cc(CC(C)C)ccn2)c2ccccc2)[c-]c(-c2ccccn2)c1.[Pt+2]. The van der Waals surface area contributed by atoms with Gasteiger partial charge < -0.3 is 9.55 Å². The van der Waals surface area contributed by atoms with Crippen molar-refractivity contribution in [2.24, 2.45) is 5.92 Å². The molecule has 218 valence electrons. The molecule has 0 fully saturated rings. The molecule has 3 aromatic heterocycles. The molecule has 7 aromatic rings. The summed E-state index contributed by atoms with van der Waals surface area (Å²) in [6.45, 7) is 12.2. The standard InChI is InChI=1S/C39H29BN4.Pt/c1-27(2)21-28-18-20-43-39(22-28)44-37-15-8-7-13-34(37)35-17-16-31(26-38(35)44)40(30-11-5-4-6-12-30)32-23-29(24-33(25-32)41-3)36-14-9-10-19-42-36;/h4-20,22,24-25,27H,21H2,1-2H3;/q-2;+2. The minimum Gasteiger partial charge on any atom is -0.319 e. The summed E-state index contributed by atoms with van der Waals surface area (Å²) in [4.78, 5) is 13.2. The predicted octanol–water partition coefficient (Wildman–Crippen LogP) is 7.10. The number of hydrogen-bond donors (Lipinski definition) is 0. The van der Waals surface area contributed by atoms with Crippen LogP contribution in [0.25, 0.3) is 43.7 Å². The van der Waals surface area contributed by atoms with Gasteiger partial charge in [-0.25, -0.2) is 4.98 Å². The molecule has 0 saturated carbocycles. The third-order valence-electron chi connectivity index (χ3n) is 7.99. The molecule has 4 aromatic carbocycles. The summed E-state index contributed by atoms with van der Waals surface area (Å²) in [6, 6.07) is 44.7. The Morgan fingerprint density at radius 3 is 2.36 bits per heavy atom. The van der Waals surface area contributed by atoms with Gasteiger partial charge in [-0.3, -0.25) is 4.85 Å². The van der Waals surface area contributed by atoms with Crippen molar-refractivity contribution >= 4 is 50.6 Å². The van der Waals surface area contributed by atoms with Gasteiger partial charge in [0.2, 0.25) is 0 Å². The van der Waals surface area contributed by atoms with Gasteiger partial charge in [0.05, 0.1) is 6.57 Å². The van der Waals surface area contributed by atoms with Gasteiger partial charge in [0.15, 0.2) is 6.71 Å². The van der Waals surface area contributed by atoms with Gasteiger partial charge in [-0.15, -0.1) is 29.1 Å². The monoisotopic (exact) mass is 759 g/mol. The van der Waals surface area contributed by atoms with Gasteiger partial charge in [0, 0.05) is 17.9 Å². The molecule has 0 radical (unpaired) electrons. The molecule has 4 nitrogen and oxygen atoms in total. The van der Waals surface area contributed by atoms with Crippen LogP contribution in [0.1, 0.15) is 19.4 Å². The second-order valence-corrected chi connectivity index (χ2v) is 11.5. The Labute approximate surface area is 279 Å². The number of aromatic nitrogens is 3. The van der Waals surface area contributed by atoms with E-state index < -0.39 is 0 Å². The maximum absolute atomic E-state index is 7.88. The molecule has 0 atom stereocenters. The first-order valence-corrected chi connectivity index (χ1v) is 14.9. The smallest absolute Gasteiger partial charge is 0.319 e. The first-order valence-electron chi connectivity index (χ1n) is 14.9. The van der Waals surface area contributed by atoms with Crippen molar-refractivity contribution < 1.29 is 21.1 Å². The average Bonchev–Trinajstić information content (AvgIpc) is 3.39. The second kappa shape index (κ2) is 13.1. The first kappa shape index (κ1) is 30.3. The number of rotatable bonds is 7. The Balaban J connectivity index is 0.00000357. The predicted molar refractivity (Wildman–Crippen MR) is 182 cm³/mol. The van der Waals surface area contributed by atoms with Crippen LogP contribution in [-0.4, -0.2) is 21.2 Å². The first-order chi connectivity index (χ1) is 21.6. The van der Waals surface area contributed by atoms with Crippen LogP contribution < -0.4 is 16.4 Å². The summed E-state index contributed by atoms with van der Waals surface area (Å²) in [5, 5.41) is 2.29. The van der Waals surface area contributed by atoms with Crippen molar-refractivity contribution in [1.82, 2.24) is 14.5 Å². The number of nitrogens with zero attached hydrogens (tertiary/aromatic N) is 4. The Morgan fingerprint density at radius 2 is 1.58 bits per heavy atom. The van der Waals surface area contributed by atoms with Crippen LogP contribution in [0.3, 0.4) is 0 Å². The molecule has 0 aliphatic heterocycles. The third-order valence-corrected chi connectivity index (χ3v) is 7.99. The molecule has 0 unspecified atom stereocenters. The summed E-state index contributed by atoms with van der Waals surface area (Å²) in [5.41, 5.74) is 8.49. The molecule has 45 heavy (non-hydrogen) atoms. The third kappa shape index (κ3) is 5.99. The summed E-state index contributed by atoms with van der Waals surface area (Å²) in [6.07, 6.45) is 4.67. The molecule has 0 aliphatic carbocycles. The second-order valence-electron chi connectivity index (χ2n) is 11.5. The normalized spacial score (nSPS) is 11.0. The molecule has 0 bridgehead atoms. The zero-order valence-corrected chi connectivity index (χ0v) is 27.3. The number of pyridine rings is 2. The van der Waals surface area contributed by atoms with Crippen LogP contribution in [0.2, 0.25) is 0 Å². The van der Waals surface area contributed by atoms with Gasteiger partial charge in [0.25, 0.3) is 0 Å². The van der Waals surface area contributed by atoms with E-state index in [1.807, 2.05) is 42.6 Å². The minimum absolute atomic E-state index is 0. The average molecular weight is 760 g/mol. The largest absolute Gasteiger partial charge is 2.00 e. The van der Waals surface area contributed by atoms with E-state index in [0.29, 0.717) is 11.6 Å². The van der Waals surface area contributed by atoms with Crippen LogP contribution in [-0.2, 0) is 27.5 Å². The zero-order valence-electron chi connectivity index (χ0n) is 25.0. The van der Waals surface area contributed by atoms with Crippen LogP contribution in [0.5, 0.6) is 0 Å². The van der Waals surface area contributed by atoms with Crippen LogP contribution in [0, 0.1) is 24.6 Å². The number of para-hydroxylation sites is 1. The summed E-state index contributed by atoms with van der Waals surface area (Å²) < 4.78 is 2.23. The number of fused-ring (bicyclic) bond motifs is 3. The summed E-state index contributed by atoms with van der Waals surface area (Å²) >= 11 is 0. The zero-order chi connectivity index (χ0) is 30.0. The molecular formula is C39H29BN4Pt. The molecule has 0 spiro atoms. The molecular weight excluding hydrogens is 730 g/mol. The maximum Gasteiger partial charge on any atom is 2.00 e. The fourth-order valence-electron chi connectivity index (χ4n) is 6.12. The molecule has 0 saturated heterocycles. The fraction of sp³-hybridized carbons (Fsp3) is 0.103. The van der Waals surface area contributed by atoms with E-state index in [1.54, 1.807) is 6.20 Å². The van der Waals surface area contributed by atoms with Gasteiger partial charge >= 0.3 is 21.1 Å². The topological polar surface area (TPSA) is 35.1 Å². The molecule has 3 heterocycles. The van der Waals surface area contributed by atoms with Crippen molar-refractivity contribution in [1.29, 1.82) is 0 Å². The Morgan fingerprint density at radius 1 is 0.778 bits per heavy atom. The van der Waals surface area contributed by atoms with Crippen molar-refractivity contribution in [3.8, 4) is 17.1 Å². The van der Waals surface area contributed by atoms with E-state index in [2.05, 4.69) is 113 Å². The van der Waals surface area contributed by atoms with Gasteiger partial charge in [-0.05, 0) is 53.2 Å². The Hall–Kier alpha value is -4.78. The van der Waals surface area contributed by atoms with E-state index >= 15 is 0 Å². The molecule has 6 heteroatoms. The molecule has 0 N–H and O–H groups in total. The van der Waals surface area contributed by atoms with Crippen LogP contribution in [0.15, 0.2) is 122 Å². The summed E-state index contributed by atoms with van der Waals surface area (Å²) in [7, 11) is 0. The number of benzene rings is 4. The van der Waals surface area contributed by atoms with Gasteiger partial charge in [-0.2, -0.15) is 29.1 Å². The Bertz CT molecular complexity index is 2150. The van der Waals surface area contributed by atoms with E-state index in [1.165, 1.54) is 5.56 Å². The Kier molecular flexibility index (Phi) is 8.79. The number of hydrogen-bond acceptors (Lipinski definition) is 2. The van der Waals surface area contributed by atoms with Crippen molar-refractivity contribution in [2.45, 2.75) is 20.3 Å². The molecule has 7 rings (SSSR count). The van der Waals surface area contributed by atoms with Crippen LogP contribution in [0.4, 0.5) is 5.69 Å².